The molecule has 1 saturated carbocycles. The number of imidazole rings is 1. The number of aromatic nitrogens is 2. The molecule has 2 aliphatic rings. The zero-order valence-corrected chi connectivity index (χ0v) is 16.0. The van der Waals surface area contributed by atoms with Gasteiger partial charge >= 0.3 is 0 Å². The van der Waals surface area contributed by atoms with E-state index < -0.39 is 0 Å². The number of benzene rings is 2. The Labute approximate surface area is 165 Å². The van der Waals surface area contributed by atoms with Gasteiger partial charge in [-0.25, -0.2) is 4.98 Å². The van der Waals surface area contributed by atoms with Gasteiger partial charge < -0.3 is 15.2 Å². The number of carbonyl (C=O) groups is 1. The third-order valence-corrected chi connectivity index (χ3v) is 6.48. The number of fused-ring (bicyclic) bond motifs is 1. The molecule has 5 heteroatoms. The highest BCUT2D eigenvalue weighted by atomic mass is 16.2. The van der Waals surface area contributed by atoms with Crippen molar-refractivity contribution in [3.05, 3.63) is 66.0 Å². The molecule has 5 nitrogen and oxygen atoms in total. The van der Waals surface area contributed by atoms with Gasteiger partial charge in [0.05, 0.1) is 17.4 Å². The molecule has 28 heavy (non-hydrogen) atoms. The fourth-order valence-electron chi connectivity index (χ4n) is 4.60. The summed E-state index contributed by atoms with van der Waals surface area (Å²) in [5.41, 5.74) is 4.84. The Morgan fingerprint density at radius 2 is 1.86 bits per heavy atom. The van der Waals surface area contributed by atoms with Gasteiger partial charge in [-0.1, -0.05) is 36.4 Å². The van der Waals surface area contributed by atoms with E-state index in [2.05, 4.69) is 50.5 Å². The zero-order chi connectivity index (χ0) is 19.0. The molecule has 1 aromatic heterocycles. The highest BCUT2D eigenvalue weighted by molar-refractivity contribution is 5.82. The first kappa shape index (κ1) is 17.4. The Morgan fingerprint density at radius 1 is 1.11 bits per heavy atom. The minimum atomic E-state index is 0.225. The van der Waals surface area contributed by atoms with Crippen molar-refractivity contribution in [1.82, 2.24) is 20.2 Å². The first-order chi connectivity index (χ1) is 13.7. The van der Waals surface area contributed by atoms with Gasteiger partial charge in [0.2, 0.25) is 5.91 Å². The van der Waals surface area contributed by atoms with Gasteiger partial charge in [-0.2, -0.15) is 0 Å². The van der Waals surface area contributed by atoms with Crippen molar-refractivity contribution < 1.29 is 4.79 Å². The van der Waals surface area contributed by atoms with Crippen LogP contribution in [-0.4, -0.2) is 28.5 Å². The highest BCUT2D eigenvalue weighted by Gasteiger charge is 2.57. The number of nitrogens with zero attached hydrogens (tertiary/aromatic N) is 2. The number of hydrogen-bond acceptors (Lipinski definition) is 3. The van der Waals surface area contributed by atoms with Crippen LogP contribution in [0.1, 0.15) is 30.4 Å². The van der Waals surface area contributed by atoms with Gasteiger partial charge in [0, 0.05) is 19.0 Å². The summed E-state index contributed by atoms with van der Waals surface area (Å²) in [6.45, 7) is 3.51. The van der Waals surface area contributed by atoms with E-state index >= 15 is 0 Å². The van der Waals surface area contributed by atoms with Gasteiger partial charge in [-0.3, -0.25) is 4.79 Å². The Balaban J connectivity index is 1.17. The van der Waals surface area contributed by atoms with Crippen molar-refractivity contribution >= 4 is 16.9 Å². The molecule has 1 spiro atoms. The topological polar surface area (TPSA) is 59.0 Å². The lowest BCUT2D eigenvalue weighted by Gasteiger charge is -2.23. The molecular formula is C23H26N4O. The van der Waals surface area contributed by atoms with Crippen LogP contribution >= 0.6 is 0 Å². The second kappa shape index (κ2) is 7.06. The summed E-state index contributed by atoms with van der Waals surface area (Å²) in [5.74, 6) is 0.458. The number of nitrogens with one attached hydrogen (secondary N) is 2. The van der Waals surface area contributed by atoms with Crippen molar-refractivity contribution in [2.75, 3.05) is 13.1 Å². The third kappa shape index (κ3) is 3.31. The van der Waals surface area contributed by atoms with Crippen LogP contribution in [0.2, 0.25) is 0 Å². The van der Waals surface area contributed by atoms with Crippen LogP contribution in [0.25, 0.3) is 11.0 Å². The summed E-state index contributed by atoms with van der Waals surface area (Å²) in [7, 11) is 0. The van der Waals surface area contributed by atoms with E-state index in [1.54, 1.807) is 0 Å². The van der Waals surface area contributed by atoms with E-state index in [0.29, 0.717) is 12.0 Å². The predicted molar refractivity (Wildman–Crippen MR) is 110 cm³/mol. The average Bonchev–Trinajstić information content (AvgIpc) is 3.27. The number of para-hydroxylation sites is 2. The summed E-state index contributed by atoms with van der Waals surface area (Å²) in [5, 5.41) is 6.54. The van der Waals surface area contributed by atoms with Crippen molar-refractivity contribution in [3.63, 3.8) is 0 Å². The second-order valence-corrected chi connectivity index (χ2v) is 8.26. The smallest absolute Gasteiger partial charge is 0.223 e. The molecule has 2 N–H and O–H groups in total. The first-order valence-corrected chi connectivity index (χ1v) is 10.2. The van der Waals surface area contributed by atoms with E-state index in [4.69, 9.17) is 0 Å². The van der Waals surface area contributed by atoms with E-state index in [0.717, 1.165) is 55.5 Å². The van der Waals surface area contributed by atoms with Crippen LogP contribution in [0.4, 0.5) is 0 Å². The zero-order valence-electron chi connectivity index (χ0n) is 16.0. The Morgan fingerprint density at radius 3 is 2.68 bits per heavy atom. The summed E-state index contributed by atoms with van der Waals surface area (Å²) < 4.78 is 2.16. The molecular weight excluding hydrogens is 348 g/mol. The summed E-state index contributed by atoms with van der Waals surface area (Å²) >= 11 is 0. The molecule has 1 aliphatic carbocycles. The van der Waals surface area contributed by atoms with Crippen LogP contribution < -0.4 is 10.6 Å². The first-order valence-electron chi connectivity index (χ1n) is 10.2. The predicted octanol–water partition coefficient (Wildman–Crippen LogP) is 3.09. The van der Waals surface area contributed by atoms with Crippen molar-refractivity contribution in [2.45, 2.75) is 32.4 Å². The van der Waals surface area contributed by atoms with Crippen molar-refractivity contribution in [2.24, 2.45) is 11.3 Å². The molecule has 1 aliphatic heterocycles. The normalized spacial score (nSPS) is 20.4. The molecule has 0 bridgehead atoms. The molecule has 2 heterocycles. The fraction of sp³-hybridized carbons (Fsp3) is 0.391. The quantitative estimate of drug-likeness (QED) is 0.722. The molecule has 5 rings (SSSR count). The van der Waals surface area contributed by atoms with Crippen LogP contribution in [0.15, 0.2) is 54.9 Å². The number of amides is 1. The maximum atomic E-state index is 12.5. The van der Waals surface area contributed by atoms with Crippen molar-refractivity contribution in [3.8, 4) is 0 Å². The monoisotopic (exact) mass is 374 g/mol. The molecule has 2 fully saturated rings. The molecule has 1 saturated heterocycles. The summed E-state index contributed by atoms with van der Waals surface area (Å²) in [4.78, 5) is 17.0. The summed E-state index contributed by atoms with van der Waals surface area (Å²) in [6, 6.07) is 16.7. The number of hydrogen-bond donors (Lipinski definition) is 2. The minimum absolute atomic E-state index is 0.225. The largest absolute Gasteiger partial charge is 0.352 e. The number of piperidine rings is 1. The standard InChI is InChI=1S/C23H26N4O/c28-22(19-13-23(19)9-11-24-12-10-23)25-14-17-5-7-18(8-6-17)15-27-16-26-20-3-1-2-4-21(20)27/h1-8,16,19,24H,9-15H2,(H,25,28). The van der Waals surface area contributed by atoms with Crippen LogP contribution in [-0.2, 0) is 17.9 Å². The maximum Gasteiger partial charge on any atom is 0.223 e. The van der Waals surface area contributed by atoms with Gasteiger partial charge in [0.1, 0.15) is 0 Å². The molecule has 0 radical (unpaired) electrons. The van der Waals surface area contributed by atoms with E-state index in [-0.39, 0.29) is 11.8 Å². The minimum Gasteiger partial charge on any atom is -0.352 e. The lowest BCUT2D eigenvalue weighted by Crippen LogP contribution is -2.33. The van der Waals surface area contributed by atoms with E-state index in [9.17, 15) is 4.79 Å². The third-order valence-electron chi connectivity index (χ3n) is 6.48. The van der Waals surface area contributed by atoms with Crippen LogP contribution in [0.3, 0.4) is 0 Å². The molecule has 2 aromatic carbocycles. The SMILES string of the molecule is O=C(NCc1ccc(Cn2cnc3ccccc32)cc1)C1CC12CCNCC2. The molecule has 3 aromatic rings. The van der Waals surface area contributed by atoms with Gasteiger partial charge in [0.25, 0.3) is 0 Å². The fourth-order valence-corrected chi connectivity index (χ4v) is 4.60. The van der Waals surface area contributed by atoms with Crippen LogP contribution in [0, 0.1) is 11.3 Å². The Hall–Kier alpha value is -2.66. The Bertz CT molecular complexity index is 985. The lowest BCUT2D eigenvalue weighted by atomic mass is 9.92. The highest BCUT2D eigenvalue weighted by Crippen LogP contribution is 2.58. The number of rotatable bonds is 5. The number of carbonyl (C=O) groups excluding carboxylic acids is 1. The van der Waals surface area contributed by atoms with Crippen LogP contribution in [0.5, 0.6) is 0 Å². The second-order valence-electron chi connectivity index (χ2n) is 8.26. The molecule has 1 amide bonds. The average molecular weight is 374 g/mol. The Kier molecular flexibility index (Phi) is 4.40. The van der Waals surface area contributed by atoms with E-state index in [1.807, 2.05) is 24.5 Å². The molecule has 144 valence electrons. The lowest BCUT2D eigenvalue weighted by molar-refractivity contribution is -0.123. The van der Waals surface area contributed by atoms with Gasteiger partial charge in [0.15, 0.2) is 0 Å². The molecule has 1 unspecified atom stereocenters. The van der Waals surface area contributed by atoms with Gasteiger partial charge in [-0.05, 0) is 61.0 Å². The van der Waals surface area contributed by atoms with Gasteiger partial charge in [-0.15, -0.1) is 0 Å². The summed E-state index contributed by atoms with van der Waals surface area (Å²) in [6.07, 6.45) is 5.24. The van der Waals surface area contributed by atoms with E-state index in [1.165, 1.54) is 5.56 Å². The molecule has 1 atom stereocenters. The maximum absolute atomic E-state index is 12.5. The van der Waals surface area contributed by atoms with Crippen molar-refractivity contribution in [1.29, 1.82) is 0 Å².